The maximum Gasteiger partial charge on any atom is 0.121 e. The number of hydrogen-bond acceptors (Lipinski definition) is 1. The van der Waals surface area contributed by atoms with Crippen LogP contribution >= 0.6 is 34.2 Å². The van der Waals surface area contributed by atoms with Crippen molar-refractivity contribution in [3.8, 4) is 5.75 Å². The third-order valence-electron chi connectivity index (χ3n) is 2.55. The molecule has 0 heterocycles. The summed E-state index contributed by atoms with van der Waals surface area (Å²) in [4.78, 5) is 0. The van der Waals surface area contributed by atoms with E-state index >= 15 is 0 Å². The van der Waals surface area contributed by atoms with Crippen LogP contribution in [0, 0.1) is 9.49 Å². The summed E-state index contributed by atoms with van der Waals surface area (Å²) in [6.45, 7) is 0.844. The van der Waals surface area contributed by atoms with Crippen LogP contribution in [0.4, 0.5) is 0 Å². The molecule has 0 saturated heterocycles. The number of benzene rings is 1. The van der Waals surface area contributed by atoms with Gasteiger partial charge in [0.2, 0.25) is 0 Å². The van der Waals surface area contributed by atoms with Crippen LogP contribution in [0.3, 0.4) is 0 Å². The van der Waals surface area contributed by atoms with Crippen LogP contribution in [0.1, 0.15) is 19.3 Å². The summed E-state index contributed by atoms with van der Waals surface area (Å²) in [6, 6.07) is 5.83. The summed E-state index contributed by atoms with van der Waals surface area (Å²) in [7, 11) is 0. The molecule has 1 saturated carbocycles. The van der Waals surface area contributed by atoms with Gasteiger partial charge in [-0.25, -0.2) is 0 Å². The Labute approximate surface area is 103 Å². The molecule has 0 N–H and O–H groups in total. The van der Waals surface area contributed by atoms with Crippen molar-refractivity contribution in [2.75, 3.05) is 6.61 Å². The van der Waals surface area contributed by atoms with E-state index in [0.717, 1.165) is 26.9 Å². The highest BCUT2D eigenvalue weighted by Crippen LogP contribution is 2.28. The van der Waals surface area contributed by atoms with E-state index in [2.05, 4.69) is 22.6 Å². The first-order valence-electron chi connectivity index (χ1n) is 4.83. The molecule has 0 unspecified atom stereocenters. The lowest BCUT2D eigenvalue weighted by Gasteiger charge is -2.25. The van der Waals surface area contributed by atoms with Crippen molar-refractivity contribution in [2.45, 2.75) is 19.3 Å². The standard InChI is InChI=1S/C11H12ClIO/c12-9-4-10(13)6-11(5-9)14-7-8-2-1-3-8/h4-6,8H,1-3,7H2. The monoisotopic (exact) mass is 322 g/mol. The Hall–Kier alpha value is 0.0400. The van der Waals surface area contributed by atoms with Crippen molar-refractivity contribution in [3.63, 3.8) is 0 Å². The molecule has 0 bridgehead atoms. The fourth-order valence-corrected chi connectivity index (χ4v) is 2.54. The Kier molecular flexibility index (Phi) is 3.55. The highest BCUT2D eigenvalue weighted by Gasteiger charge is 2.17. The van der Waals surface area contributed by atoms with E-state index in [4.69, 9.17) is 16.3 Å². The first kappa shape index (κ1) is 10.6. The van der Waals surface area contributed by atoms with Gasteiger partial charge >= 0.3 is 0 Å². The average molecular weight is 323 g/mol. The van der Waals surface area contributed by atoms with Gasteiger partial charge in [0.15, 0.2) is 0 Å². The summed E-state index contributed by atoms with van der Waals surface area (Å²) in [5, 5.41) is 0.750. The van der Waals surface area contributed by atoms with Crippen LogP contribution in [0.25, 0.3) is 0 Å². The van der Waals surface area contributed by atoms with Crippen molar-refractivity contribution in [3.05, 3.63) is 26.8 Å². The second kappa shape index (κ2) is 4.71. The Balaban J connectivity index is 1.94. The predicted molar refractivity (Wildman–Crippen MR) is 67.0 cm³/mol. The van der Waals surface area contributed by atoms with Crippen molar-refractivity contribution in [2.24, 2.45) is 5.92 Å². The molecule has 76 valence electrons. The minimum Gasteiger partial charge on any atom is -0.493 e. The first-order chi connectivity index (χ1) is 6.74. The van der Waals surface area contributed by atoms with E-state index in [1.165, 1.54) is 19.3 Å². The van der Waals surface area contributed by atoms with Crippen LogP contribution < -0.4 is 4.74 Å². The molecule has 1 fully saturated rings. The van der Waals surface area contributed by atoms with Gasteiger partial charge in [0.1, 0.15) is 5.75 Å². The molecule has 1 aliphatic carbocycles. The number of halogens is 2. The summed E-state index contributed by atoms with van der Waals surface area (Å²) >= 11 is 8.18. The molecule has 1 aliphatic rings. The smallest absolute Gasteiger partial charge is 0.121 e. The van der Waals surface area contributed by atoms with E-state index in [9.17, 15) is 0 Å². The summed E-state index contributed by atoms with van der Waals surface area (Å²) < 4.78 is 6.81. The fourth-order valence-electron chi connectivity index (χ4n) is 1.49. The van der Waals surface area contributed by atoms with E-state index in [1.807, 2.05) is 18.2 Å². The Morgan fingerprint density at radius 1 is 1.36 bits per heavy atom. The molecule has 1 nitrogen and oxygen atoms in total. The number of rotatable bonds is 3. The fraction of sp³-hybridized carbons (Fsp3) is 0.455. The molecule has 1 aromatic carbocycles. The molecule has 0 spiro atoms. The van der Waals surface area contributed by atoms with Gasteiger partial charge in [0, 0.05) is 8.59 Å². The van der Waals surface area contributed by atoms with Gasteiger partial charge in [0.25, 0.3) is 0 Å². The molecule has 0 atom stereocenters. The van der Waals surface area contributed by atoms with Crippen LogP contribution in [0.15, 0.2) is 18.2 Å². The van der Waals surface area contributed by atoms with Crippen molar-refractivity contribution < 1.29 is 4.74 Å². The van der Waals surface area contributed by atoms with Gasteiger partial charge in [-0.1, -0.05) is 18.0 Å². The summed E-state index contributed by atoms with van der Waals surface area (Å²) in [5.74, 6) is 1.67. The molecule has 14 heavy (non-hydrogen) atoms. The molecule has 0 aliphatic heterocycles. The van der Waals surface area contributed by atoms with Crippen LogP contribution in [0.5, 0.6) is 5.75 Å². The zero-order valence-electron chi connectivity index (χ0n) is 7.80. The topological polar surface area (TPSA) is 9.23 Å². The maximum atomic E-state index is 5.93. The molecule has 0 amide bonds. The highest BCUT2D eigenvalue weighted by molar-refractivity contribution is 14.1. The van der Waals surface area contributed by atoms with Gasteiger partial charge in [0.05, 0.1) is 6.61 Å². The highest BCUT2D eigenvalue weighted by atomic mass is 127. The molecular formula is C11H12ClIO. The van der Waals surface area contributed by atoms with Gasteiger partial charge in [-0.15, -0.1) is 0 Å². The van der Waals surface area contributed by atoms with Crippen LogP contribution in [-0.2, 0) is 0 Å². The lowest BCUT2D eigenvalue weighted by Crippen LogP contribution is -2.19. The minimum atomic E-state index is 0.750. The minimum absolute atomic E-state index is 0.750. The van der Waals surface area contributed by atoms with Crippen molar-refractivity contribution in [1.29, 1.82) is 0 Å². The third kappa shape index (κ3) is 2.76. The molecule has 3 heteroatoms. The second-order valence-electron chi connectivity index (χ2n) is 3.71. The second-order valence-corrected chi connectivity index (χ2v) is 5.40. The largest absolute Gasteiger partial charge is 0.493 e. The van der Waals surface area contributed by atoms with Gasteiger partial charge in [-0.05, 0) is 59.5 Å². The quantitative estimate of drug-likeness (QED) is 0.761. The summed E-state index contributed by atoms with van der Waals surface area (Å²) in [6.07, 6.45) is 4.00. The van der Waals surface area contributed by atoms with Crippen LogP contribution in [0.2, 0.25) is 5.02 Å². The van der Waals surface area contributed by atoms with Crippen LogP contribution in [-0.4, -0.2) is 6.61 Å². The van der Waals surface area contributed by atoms with Crippen molar-refractivity contribution >= 4 is 34.2 Å². The van der Waals surface area contributed by atoms with E-state index in [-0.39, 0.29) is 0 Å². The zero-order valence-corrected chi connectivity index (χ0v) is 10.7. The lowest BCUT2D eigenvalue weighted by atomic mass is 9.86. The first-order valence-corrected chi connectivity index (χ1v) is 6.28. The number of ether oxygens (including phenoxy) is 1. The average Bonchev–Trinajstić information content (AvgIpc) is 1.99. The molecule has 0 radical (unpaired) electrons. The zero-order chi connectivity index (χ0) is 9.97. The van der Waals surface area contributed by atoms with E-state index in [0.29, 0.717) is 0 Å². The molecular weight excluding hydrogens is 310 g/mol. The van der Waals surface area contributed by atoms with Gasteiger partial charge in [-0.2, -0.15) is 0 Å². The molecule has 0 aromatic heterocycles. The SMILES string of the molecule is Clc1cc(I)cc(OCC2CCC2)c1. The van der Waals surface area contributed by atoms with Crippen molar-refractivity contribution in [1.82, 2.24) is 0 Å². The number of hydrogen-bond donors (Lipinski definition) is 0. The summed E-state index contributed by atoms with van der Waals surface area (Å²) in [5.41, 5.74) is 0. The lowest BCUT2D eigenvalue weighted by molar-refractivity contribution is 0.180. The Morgan fingerprint density at radius 2 is 2.14 bits per heavy atom. The Morgan fingerprint density at radius 3 is 2.71 bits per heavy atom. The molecule has 2 rings (SSSR count). The Bertz CT molecular complexity index is 303. The van der Waals surface area contributed by atoms with E-state index in [1.54, 1.807) is 0 Å². The third-order valence-corrected chi connectivity index (χ3v) is 3.39. The van der Waals surface area contributed by atoms with E-state index < -0.39 is 0 Å². The van der Waals surface area contributed by atoms with Gasteiger partial charge < -0.3 is 4.74 Å². The maximum absolute atomic E-state index is 5.93. The normalized spacial score (nSPS) is 16.4. The molecule has 1 aromatic rings. The predicted octanol–water partition coefficient (Wildman–Crippen LogP) is 4.12. The van der Waals surface area contributed by atoms with Gasteiger partial charge in [-0.3, -0.25) is 0 Å².